The highest BCUT2D eigenvalue weighted by molar-refractivity contribution is 5.14. The van der Waals surface area contributed by atoms with E-state index in [-0.39, 0.29) is 11.6 Å². The fourth-order valence-electron chi connectivity index (χ4n) is 3.21. The normalized spacial score (nSPS) is 20.0. The largest absolute Gasteiger partial charge is 0.296 e. The van der Waals surface area contributed by atoms with E-state index in [9.17, 15) is 0 Å². The van der Waals surface area contributed by atoms with Gasteiger partial charge in [0.25, 0.3) is 0 Å². The van der Waals surface area contributed by atoms with E-state index >= 15 is 0 Å². The van der Waals surface area contributed by atoms with Crippen LogP contribution < -0.4 is 11.3 Å². The highest BCUT2D eigenvalue weighted by Gasteiger charge is 2.41. The van der Waals surface area contributed by atoms with Crippen LogP contribution >= 0.6 is 0 Å². The molecule has 3 N–H and O–H groups in total. The first kappa shape index (κ1) is 13.7. The SMILES string of the molecule is C=C(C)C(NN)C(CC)(CC)N1CCCC1. The van der Waals surface area contributed by atoms with Crippen LogP contribution in [0.25, 0.3) is 0 Å². The average Bonchev–Trinajstić information content (AvgIpc) is 2.79. The summed E-state index contributed by atoms with van der Waals surface area (Å²) in [7, 11) is 0. The van der Waals surface area contributed by atoms with Crippen molar-refractivity contribution in [2.45, 2.75) is 58.0 Å². The Bertz CT molecular complexity index is 227. The molecule has 1 heterocycles. The predicted octanol–water partition coefficient (Wildman–Crippen LogP) is 2.05. The van der Waals surface area contributed by atoms with Crippen LogP contribution in [-0.2, 0) is 0 Å². The van der Waals surface area contributed by atoms with Gasteiger partial charge in [0.15, 0.2) is 0 Å². The van der Waals surface area contributed by atoms with Crippen molar-refractivity contribution in [3.8, 4) is 0 Å². The number of nitrogens with zero attached hydrogens (tertiary/aromatic N) is 1. The highest BCUT2D eigenvalue weighted by Crippen LogP contribution is 2.33. The minimum absolute atomic E-state index is 0.150. The van der Waals surface area contributed by atoms with E-state index in [0.29, 0.717) is 0 Å². The minimum atomic E-state index is 0.150. The third kappa shape index (κ3) is 2.31. The fourth-order valence-corrected chi connectivity index (χ4v) is 3.21. The Kier molecular flexibility index (Phi) is 4.96. The van der Waals surface area contributed by atoms with Crippen LogP contribution in [0.4, 0.5) is 0 Å². The number of nitrogens with two attached hydrogens (primary N) is 1. The summed E-state index contributed by atoms with van der Waals surface area (Å²) in [5.74, 6) is 5.74. The quantitative estimate of drug-likeness (QED) is 0.413. The van der Waals surface area contributed by atoms with Crippen LogP contribution in [0.5, 0.6) is 0 Å². The minimum Gasteiger partial charge on any atom is -0.296 e. The molecule has 1 saturated heterocycles. The highest BCUT2D eigenvalue weighted by atomic mass is 15.3. The van der Waals surface area contributed by atoms with E-state index in [0.717, 1.165) is 18.4 Å². The maximum absolute atomic E-state index is 5.74. The van der Waals surface area contributed by atoms with Crippen molar-refractivity contribution in [1.82, 2.24) is 10.3 Å². The lowest BCUT2D eigenvalue weighted by Gasteiger charge is -2.47. The van der Waals surface area contributed by atoms with Gasteiger partial charge < -0.3 is 0 Å². The van der Waals surface area contributed by atoms with Gasteiger partial charge >= 0.3 is 0 Å². The second kappa shape index (κ2) is 5.80. The molecule has 0 aromatic carbocycles. The average molecular weight is 225 g/mol. The zero-order chi connectivity index (χ0) is 12.2. The van der Waals surface area contributed by atoms with Gasteiger partial charge in [-0.15, -0.1) is 0 Å². The van der Waals surface area contributed by atoms with Gasteiger partial charge in [-0.2, -0.15) is 0 Å². The monoisotopic (exact) mass is 225 g/mol. The van der Waals surface area contributed by atoms with Crippen molar-refractivity contribution in [3.05, 3.63) is 12.2 Å². The Hall–Kier alpha value is -0.380. The second-order valence-corrected chi connectivity index (χ2v) is 4.95. The molecule has 0 spiro atoms. The molecule has 0 amide bonds. The standard InChI is InChI=1S/C13H27N3/c1-5-13(6-2,12(15-14)11(3)4)16-9-7-8-10-16/h12,15H,3,5-10,14H2,1-2,4H3. The molecule has 3 nitrogen and oxygen atoms in total. The number of likely N-dealkylation sites (tertiary alicyclic amines) is 1. The molecule has 0 aromatic heterocycles. The number of hydrogen-bond donors (Lipinski definition) is 2. The molecule has 1 rings (SSSR count). The Morgan fingerprint density at radius 3 is 2.19 bits per heavy atom. The van der Waals surface area contributed by atoms with Crippen molar-refractivity contribution in [2.24, 2.45) is 5.84 Å². The summed E-state index contributed by atoms with van der Waals surface area (Å²) in [6.45, 7) is 13.1. The summed E-state index contributed by atoms with van der Waals surface area (Å²) in [6, 6.07) is 0.195. The molecule has 0 bridgehead atoms. The van der Waals surface area contributed by atoms with Crippen molar-refractivity contribution >= 4 is 0 Å². The molecule has 1 unspecified atom stereocenters. The molecule has 0 aromatic rings. The Balaban J connectivity index is 2.96. The van der Waals surface area contributed by atoms with Crippen LogP contribution in [0.2, 0.25) is 0 Å². The number of rotatable bonds is 6. The Labute approximate surface area is 100 Å². The topological polar surface area (TPSA) is 41.3 Å². The summed E-state index contributed by atoms with van der Waals surface area (Å²) in [6.07, 6.45) is 4.86. The summed E-state index contributed by atoms with van der Waals surface area (Å²) >= 11 is 0. The maximum atomic E-state index is 5.74. The third-order valence-corrected chi connectivity index (χ3v) is 4.16. The molecule has 0 radical (unpaired) electrons. The molecule has 94 valence electrons. The molecule has 16 heavy (non-hydrogen) atoms. The van der Waals surface area contributed by atoms with Crippen molar-refractivity contribution in [1.29, 1.82) is 0 Å². The molecular weight excluding hydrogens is 198 g/mol. The van der Waals surface area contributed by atoms with Gasteiger partial charge in [0.2, 0.25) is 0 Å². The fraction of sp³-hybridized carbons (Fsp3) is 0.846. The Morgan fingerprint density at radius 1 is 1.38 bits per heavy atom. The molecule has 1 fully saturated rings. The van der Waals surface area contributed by atoms with E-state index in [1.54, 1.807) is 0 Å². The van der Waals surface area contributed by atoms with Crippen LogP contribution in [0.15, 0.2) is 12.2 Å². The van der Waals surface area contributed by atoms with Crippen LogP contribution in [0.3, 0.4) is 0 Å². The summed E-state index contributed by atoms with van der Waals surface area (Å²) in [5.41, 5.74) is 4.27. The van der Waals surface area contributed by atoms with Gasteiger partial charge in [-0.1, -0.05) is 26.0 Å². The summed E-state index contributed by atoms with van der Waals surface area (Å²) < 4.78 is 0. The second-order valence-electron chi connectivity index (χ2n) is 4.95. The van der Waals surface area contributed by atoms with Gasteiger partial charge in [0.05, 0.1) is 6.04 Å². The van der Waals surface area contributed by atoms with E-state index in [1.165, 1.54) is 25.9 Å². The van der Waals surface area contributed by atoms with Gasteiger partial charge in [-0.3, -0.25) is 16.2 Å². The third-order valence-electron chi connectivity index (χ3n) is 4.16. The lowest BCUT2D eigenvalue weighted by atomic mass is 9.80. The predicted molar refractivity (Wildman–Crippen MR) is 70.0 cm³/mol. The number of nitrogens with one attached hydrogen (secondary N) is 1. The van der Waals surface area contributed by atoms with Crippen LogP contribution in [-0.4, -0.2) is 29.6 Å². The number of hydrazine groups is 1. The van der Waals surface area contributed by atoms with Crippen LogP contribution in [0, 0.1) is 0 Å². The van der Waals surface area contributed by atoms with E-state index in [4.69, 9.17) is 5.84 Å². The molecule has 1 aliphatic rings. The zero-order valence-electron chi connectivity index (χ0n) is 11.1. The van der Waals surface area contributed by atoms with Crippen molar-refractivity contribution in [2.75, 3.05) is 13.1 Å². The molecule has 3 heteroatoms. The molecule has 1 atom stereocenters. The lowest BCUT2D eigenvalue weighted by molar-refractivity contribution is 0.0752. The number of hydrogen-bond acceptors (Lipinski definition) is 3. The first-order chi connectivity index (χ1) is 7.62. The van der Waals surface area contributed by atoms with E-state index in [2.05, 4.69) is 37.7 Å². The van der Waals surface area contributed by atoms with E-state index < -0.39 is 0 Å². The van der Waals surface area contributed by atoms with E-state index in [1.807, 2.05) is 0 Å². The van der Waals surface area contributed by atoms with Crippen molar-refractivity contribution < 1.29 is 0 Å². The lowest BCUT2D eigenvalue weighted by Crippen LogP contribution is -2.62. The molecule has 0 aliphatic carbocycles. The van der Waals surface area contributed by atoms with Gasteiger partial charge in [-0.25, -0.2) is 0 Å². The molecule has 0 saturated carbocycles. The summed E-state index contributed by atoms with van der Waals surface area (Å²) in [4.78, 5) is 2.60. The molecular formula is C13H27N3. The maximum Gasteiger partial charge on any atom is 0.0598 e. The first-order valence-corrected chi connectivity index (χ1v) is 6.49. The smallest absolute Gasteiger partial charge is 0.0598 e. The van der Waals surface area contributed by atoms with Crippen molar-refractivity contribution in [3.63, 3.8) is 0 Å². The Morgan fingerprint density at radius 2 is 1.88 bits per heavy atom. The zero-order valence-corrected chi connectivity index (χ0v) is 11.1. The summed E-state index contributed by atoms with van der Waals surface area (Å²) in [5, 5.41) is 0. The van der Waals surface area contributed by atoms with Gasteiger partial charge in [0.1, 0.15) is 0 Å². The van der Waals surface area contributed by atoms with Crippen LogP contribution in [0.1, 0.15) is 46.5 Å². The van der Waals surface area contributed by atoms with Gasteiger partial charge in [-0.05, 0) is 45.7 Å². The first-order valence-electron chi connectivity index (χ1n) is 6.49. The molecule has 1 aliphatic heterocycles. The van der Waals surface area contributed by atoms with Gasteiger partial charge in [0, 0.05) is 5.54 Å².